The predicted octanol–water partition coefficient (Wildman–Crippen LogP) is 22.6. The molecule has 0 aliphatic rings. The van der Waals surface area contributed by atoms with Gasteiger partial charge in [0.25, 0.3) is 0 Å². The van der Waals surface area contributed by atoms with Crippen LogP contribution in [0.25, 0.3) is 0 Å². The minimum Gasteiger partial charge on any atom is -0.462 e. The molecule has 0 amide bonds. The molecular formula is C77H150O17P2. The van der Waals surface area contributed by atoms with Crippen molar-refractivity contribution in [3.8, 4) is 0 Å². The number of hydrogen-bond donors (Lipinski definition) is 3. The molecule has 19 heteroatoms. The summed E-state index contributed by atoms with van der Waals surface area (Å²) in [5.41, 5.74) is 0. The van der Waals surface area contributed by atoms with Crippen LogP contribution in [-0.4, -0.2) is 96.7 Å². The summed E-state index contributed by atoms with van der Waals surface area (Å²) in [7, 11) is -9.91. The van der Waals surface area contributed by atoms with Crippen LogP contribution in [0.5, 0.6) is 0 Å². The average molecular weight is 1410 g/mol. The van der Waals surface area contributed by atoms with E-state index >= 15 is 0 Å². The first kappa shape index (κ1) is 94.1. The fourth-order valence-corrected chi connectivity index (χ4v) is 13.3. The monoisotopic (exact) mass is 1410 g/mol. The van der Waals surface area contributed by atoms with Crippen molar-refractivity contribution in [1.82, 2.24) is 0 Å². The van der Waals surface area contributed by atoms with Crippen molar-refractivity contribution in [2.24, 2.45) is 17.8 Å². The summed E-state index contributed by atoms with van der Waals surface area (Å²) in [6.45, 7) is 11.9. The minimum atomic E-state index is -4.96. The number of carbonyl (C=O) groups excluding carboxylic acids is 4. The molecule has 6 atom stereocenters. The molecule has 0 bridgehead atoms. The van der Waals surface area contributed by atoms with E-state index in [9.17, 15) is 43.2 Å². The first-order valence-corrected chi connectivity index (χ1v) is 42.9. The SMILES string of the molecule is CCCCCCCCCCCCCCC(=O)O[C@H](COC(=O)CCCCCCCCCCC(C)C)COP(=O)(O)OC[C@H](O)COP(=O)(O)OC[C@@H](COC(=O)CCCCCCCCCCCCC(C)CC)OC(=O)CCCCCCCCCCCCCCCCCCC(C)C. The number of phosphoric acid groups is 2. The van der Waals surface area contributed by atoms with Gasteiger partial charge >= 0.3 is 39.5 Å². The summed E-state index contributed by atoms with van der Waals surface area (Å²) in [5, 5.41) is 10.6. The van der Waals surface area contributed by atoms with E-state index in [1.807, 2.05) is 0 Å². The lowest BCUT2D eigenvalue weighted by Gasteiger charge is -2.21. The lowest BCUT2D eigenvalue weighted by atomic mass is 9.99. The van der Waals surface area contributed by atoms with E-state index in [1.54, 1.807) is 0 Å². The van der Waals surface area contributed by atoms with E-state index in [0.717, 1.165) is 108 Å². The van der Waals surface area contributed by atoms with Gasteiger partial charge in [-0.1, -0.05) is 344 Å². The van der Waals surface area contributed by atoms with Gasteiger partial charge in [-0.25, -0.2) is 9.13 Å². The lowest BCUT2D eigenvalue weighted by molar-refractivity contribution is -0.161. The van der Waals surface area contributed by atoms with Crippen molar-refractivity contribution < 1.29 is 80.2 Å². The van der Waals surface area contributed by atoms with Crippen LogP contribution < -0.4 is 0 Å². The van der Waals surface area contributed by atoms with Crippen LogP contribution in [0.4, 0.5) is 0 Å². The van der Waals surface area contributed by atoms with Gasteiger partial charge in [-0.3, -0.25) is 37.3 Å². The number of hydrogen-bond acceptors (Lipinski definition) is 15. The van der Waals surface area contributed by atoms with Gasteiger partial charge < -0.3 is 33.8 Å². The largest absolute Gasteiger partial charge is 0.472 e. The van der Waals surface area contributed by atoms with Gasteiger partial charge in [-0.15, -0.1) is 0 Å². The molecule has 96 heavy (non-hydrogen) atoms. The lowest BCUT2D eigenvalue weighted by Crippen LogP contribution is -2.30. The molecule has 570 valence electrons. The number of rotatable bonds is 75. The number of phosphoric ester groups is 2. The summed E-state index contributed by atoms with van der Waals surface area (Å²) in [5.74, 6) is 0.230. The topological polar surface area (TPSA) is 237 Å². The number of aliphatic hydroxyl groups excluding tert-OH is 1. The molecule has 0 aliphatic heterocycles. The Bertz CT molecular complexity index is 1870. The van der Waals surface area contributed by atoms with Gasteiger partial charge in [-0.05, 0) is 43.4 Å². The van der Waals surface area contributed by atoms with Crippen LogP contribution in [0.1, 0.15) is 395 Å². The number of esters is 4. The Labute approximate surface area is 588 Å². The van der Waals surface area contributed by atoms with Crippen LogP contribution >= 0.6 is 15.6 Å². The highest BCUT2D eigenvalue weighted by Gasteiger charge is 2.30. The molecule has 17 nitrogen and oxygen atoms in total. The average Bonchev–Trinajstić information content (AvgIpc) is 1.73. The van der Waals surface area contributed by atoms with E-state index in [4.69, 9.17) is 37.0 Å². The molecule has 0 rings (SSSR count). The summed E-state index contributed by atoms with van der Waals surface area (Å²) in [6.07, 6.45) is 54.0. The quantitative estimate of drug-likeness (QED) is 0.0222. The van der Waals surface area contributed by atoms with Crippen molar-refractivity contribution in [2.45, 2.75) is 414 Å². The van der Waals surface area contributed by atoms with Gasteiger partial charge in [0.1, 0.15) is 19.3 Å². The maximum Gasteiger partial charge on any atom is 0.472 e. The van der Waals surface area contributed by atoms with Crippen molar-refractivity contribution in [2.75, 3.05) is 39.6 Å². The van der Waals surface area contributed by atoms with E-state index in [2.05, 4.69) is 48.5 Å². The van der Waals surface area contributed by atoms with E-state index < -0.39 is 97.5 Å². The van der Waals surface area contributed by atoms with Crippen molar-refractivity contribution >= 4 is 39.5 Å². The molecule has 0 aromatic heterocycles. The van der Waals surface area contributed by atoms with E-state index in [0.29, 0.717) is 25.7 Å². The molecular weight excluding hydrogens is 1260 g/mol. The standard InChI is InChI=1S/C77H150O17P2/c1-8-10-11-12-13-14-15-23-30-39-46-53-60-76(81)94-73(65-88-75(80)59-52-45-38-33-32-35-42-49-56-69(5)6)67-92-96(85,86)90-63-71(78)62-89-95(83,84)91-66-72(64-87-74(79)58-51-44-37-29-26-25-28-36-43-50-57-70(7)9-2)93-77(82)61-54-47-40-31-24-21-19-17-16-18-20-22-27-34-41-48-55-68(3)4/h68-73,78H,8-67H2,1-7H3,(H,83,84)(H,85,86)/t70?,71-,72-,73-/m1/s1. The van der Waals surface area contributed by atoms with Crippen LogP contribution in [0, 0.1) is 17.8 Å². The second-order valence-electron chi connectivity index (χ2n) is 28.9. The molecule has 0 fully saturated rings. The molecule has 0 radical (unpaired) electrons. The Hall–Kier alpha value is -1.94. The van der Waals surface area contributed by atoms with Crippen LogP contribution in [-0.2, 0) is 65.4 Å². The highest BCUT2D eigenvalue weighted by molar-refractivity contribution is 7.47. The van der Waals surface area contributed by atoms with Crippen LogP contribution in [0.3, 0.4) is 0 Å². The molecule has 0 aromatic carbocycles. The number of ether oxygens (including phenoxy) is 4. The molecule has 0 heterocycles. The van der Waals surface area contributed by atoms with Gasteiger partial charge in [0.15, 0.2) is 12.2 Å². The third kappa shape index (κ3) is 69.2. The Kier molecular flexibility index (Phi) is 66.2. The zero-order valence-corrected chi connectivity index (χ0v) is 64.6. The fraction of sp³-hybridized carbons (Fsp3) is 0.948. The van der Waals surface area contributed by atoms with Crippen LogP contribution in [0.2, 0.25) is 0 Å². The maximum absolute atomic E-state index is 13.1. The van der Waals surface area contributed by atoms with Gasteiger partial charge in [0.05, 0.1) is 26.4 Å². The molecule has 3 unspecified atom stereocenters. The Morgan fingerprint density at radius 1 is 0.302 bits per heavy atom. The first-order chi connectivity index (χ1) is 46.3. The zero-order chi connectivity index (χ0) is 70.9. The molecule has 0 spiro atoms. The third-order valence-corrected chi connectivity index (χ3v) is 20.1. The summed E-state index contributed by atoms with van der Waals surface area (Å²) < 4.78 is 68.6. The summed E-state index contributed by atoms with van der Waals surface area (Å²) in [6, 6.07) is 0. The van der Waals surface area contributed by atoms with E-state index in [1.165, 1.54) is 205 Å². The zero-order valence-electron chi connectivity index (χ0n) is 62.8. The highest BCUT2D eigenvalue weighted by atomic mass is 31.2. The van der Waals surface area contributed by atoms with E-state index in [-0.39, 0.29) is 25.7 Å². The molecule has 0 saturated carbocycles. The predicted molar refractivity (Wildman–Crippen MR) is 391 cm³/mol. The Balaban J connectivity index is 5.24. The second-order valence-corrected chi connectivity index (χ2v) is 31.8. The Morgan fingerprint density at radius 3 is 0.792 bits per heavy atom. The molecule has 3 N–H and O–H groups in total. The smallest absolute Gasteiger partial charge is 0.462 e. The summed E-state index contributed by atoms with van der Waals surface area (Å²) in [4.78, 5) is 72.9. The first-order valence-electron chi connectivity index (χ1n) is 39.9. The number of unbranched alkanes of at least 4 members (excludes halogenated alkanes) is 42. The minimum absolute atomic E-state index is 0.107. The van der Waals surface area contributed by atoms with Crippen molar-refractivity contribution in [3.05, 3.63) is 0 Å². The van der Waals surface area contributed by atoms with Crippen LogP contribution in [0.15, 0.2) is 0 Å². The second kappa shape index (κ2) is 67.5. The van der Waals surface area contributed by atoms with Gasteiger partial charge in [-0.2, -0.15) is 0 Å². The fourth-order valence-electron chi connectivity index (χ4n) is 11.7. The molecule has 0 aromatic rings. The van der Waals surface area contributed by atoms with Crippen molar-refractivity contribution in [3.63, 3.8) is 0 Å². The van der Waals surface area contributed by atoms with Crippen molar-refractivity contribution in [1.29, 1.82) is 0 Å². The molecule has 0 aliphatic carbocycles. The summed E-state index contributed by atoms with van der Waals surface area (Å²) >= 11 is 0. The maximum atomic E-state index is 13.1. The third-order valence-electron chi connectivity index (χ3n) is 18.2. The van der Waals surface area contributed by atoms with Gasteiger partial charge in [0.2, 0.25) is 0 Å². The Morgan fingerprint density at radius 2 is 0.531 bits per heavy atom. The van der Waals surface area contributed by atoms with Gasteiger partial charge in [0, 0.05) is 25.7 Å². The number of carbonyl (C=O) groups is 4. The molecule has 0 saturated heterocycles. The normalized spacial score (nSPS) is 14.3. The highest BCUT2D eigenvalue weighted by Crippen LogP contribution is 2.45. The number of aliphatic hydroxyl groups is 1.